The number of carbonyl (C=O) groups is 1. The Morgan fingerprint density at radius 1 is 1.09 bits per heavy atom. The molecular weight excluding hydrogens is 304 g/mol. The summed E-state index contributed by atoms with van der Waals surface area (Å²) < 4.78 is 0. The number of benzene rings is 2. The van der Waals surface area contributed by atoms with Crippen molar-refractivity contribution in [1.82, 2.24) is 0 Å². The maximum Gasteiger partial charge on any atom is 0.227 e. The first kappa shape index (κ1) is 16.1. The van der Waals surface area contributed by atoms with Gasteiger partial charge in [-0.3, -0.25) is 9.93 Å². The molecule has 1 aliphatic rings. The summed E-state index contributed by atoms with van der Waals surface area (Å²) in [6.07, 6.45) is 4.19. The molecule has 1 amide bonds. The molecule has 0 aromatic heterocycles. The molecule has 0 heterocycles. The lowest BCUT2D eigenvalue weighted by molar-refractivity contribution is -0.120. The Hall–Kier alpha value is -1.78. The van der Waals surface area contributed by atoms with Crippen molar-refractivity contribution in [2.45, 2.75) is 36.5 Å². The van der Waals surface area contributed by atoms with Crippen LogP contribution >= 0.6 is 11.9 Å². The van der Waals surface area contributed by atoms with E-state index in [2.05, 4.69) is 29.6 Å². The van der Waals surface area contributed by atoms with E-state index in [1.165, 1.54) is 23.9 Å². The van der Waals surface area contributed by atoms with Crippen molar-refractivity contribution < 1.29 is 4.79 Å². The quantitative estimate of drug-likeness (QED) is 0.810. The van der Waals surface area contributed by atoms with Crippen LogP contribution in [-0.2, 0) is 4.79 Å². The van der Waals surface area contributed by atoms with Crippen molar-refractivity contribution in [3.8, 4) is 0 Å². The van der Waals surface area contributed by atoms with Crippen molar-refractivity contribution in [3.63, 3.8) is 0 Å². The second-order valence-electron chi connectivity index (χ2n) is 6.11. The van der Waals surface area contributed by atoms with Crippen LogP contribution in [0.3, 0.4) is 0 Å². The van der Waals surface area contributed by atoms with E-state index < -0.39 is 0 Å². The molecule has 0 bridgehead atoms. The molecule has 0 saturated heterocycles. The van der Waals surface area contributed by atoms with Crippen molar-refractivity contribution in [3.05, 3.63) is 60.2 Å². The van der Waals surface area contributed by atoms with Gasteiger partial charge >= 0.3 is 0 Å². The largest absolute Gasteiger partial charge is 0.326 e. The zero-order valence-corrected chi connectivity index (χ0v) is 13.9. The first-order chi connectivity index (χ1) is 11.3. The molecule has 0 radical (unpaired) electrons. The van der Waals surface area contributed by atoms with Gasteiger partial charge in [0, 0.05) is 16.5 Å². The van der Waals surface area contributed by atoms with Crippen molar-refractivity contribution in [1.29, 1.82) is 0 Å². The standard InChI is InChI=1S/C19H22N2OS/c20-23-18-11-5-10-17(13-18)21-19(22)16-9-4-8-15(12-16)14-6-2-1-3-7-14/h1-3,5-7,10-11,13,15-16H,4,8-9,12,20H2,(H,21,22). The molecule has 2 atom stereocenters. The van der Waals surface area contributed by atoms with Crippen LogP contribution in [0.15, 0.2) is 59.5 Å². The minimum Gasteiger partial charge on any atom is -0.326 e. The SMILES string of the molecule is NSc1cccc(NC(=O)C2CCCC(c3ccccc3)C2)c1. The van der Waals surface area contributed by atoms with Gasteiger partial charge in [0.15, 0.2) is 0 Å². The number of anilines is 1. The molecule has 23 heavy (non-hydrogen) atoms. The molecule has 3 nitrogen and oxygen atoms in total. The number of hydrogen-bond acceptors (Lipinski definition) is 3. The fourth-order valence-electron chi connectivity index (χ4n) is 3.35. The highest BCUT2D eigenvalue weighted by molar-refractivity contribution is 7.97. The van der Waals surface area contributed by atoms with Gasteiger partial charge in [0.05, 0.1) is 0 Å². The smallest absolute Gasteiger partial charge is 0.227 e. The summed E-state index contributed by atoms with van der Waals surface area (Å²) in [6.45, 7) is 0. The van der Waals surface area contributed by atoms with Crippen LogP contribution in [0.2, 0.25) is 0 Å². The zero-order valence-electron chi connectivity index (χ0n) is 13.1. The third-order valence-corrected chi connectivity index (χ3v) is 5.08. The van der Waals surface area contributed by atoms with Crippen LogP contribution < -0.4 is 10.5 Å². The molecule has 0 aliphatic heterocycles. The molecule has 2 aromatic carbocycles. The van der Waals surface area contributed by atoms with Crippen LogP contribution in [0.1, 0.15) is 37.2 Å². The maximum absolute atomic E-state index is 12.6. The fraction of sp³-hybridized carbons (Fsp3) is 0.316. The van der Waals surface area contributed by atoms with Gasteiger partial charge in [0.25, 0.3) is 0 Å². The highest BCUT2D eigenvalue weighted by atomic mass is 32.2. The van der Waals surface area contributed by atoms with Gasteiger partial charge in [0.2, 0.25) is 5.91 Å². The molecule has 3 rings (SSSR count). The van der Waals surface area contributed by atoms with Gasteiger partial charge in [-0.15, -0.1) is 0 Å². The summed E-state index contributed by atoms with van der Waals surface area (Å²) in [5.74, 6) is 0.708. The van der Waals surface area contributed by atoms with Crippen LogP contribution in [0.25, 0.3) is 0 Å². The lowest BCUT2D eigenvalue weighted by atomic mass is 9.77. The molecule has 0 spiro atoms. The van der Waals surface area contributed by atoms with Crippen LogP contribution in [0.5, 0.6) is 0 Å². The van der Waals surface area contributed by atoms with Gasteiger partial charge in [-0.2, -0.15) is 0 Å². The number of carbonyl (C=O) groups excluding carboxylic acids is 1. The summed E-state index contributed by atoms with van der Waals surface area (Å²) >= 11 is 1.19. The predicted octanol–water partition coefficient (Wildman–Crippen LogP) is 4.56. The van der Waals surface area contributed by atoms with E-state index in [0.29, 0.717) is 5.92 Å². The van der Waals surface area contributed by atoms with E-state index in [4.69, 9.17) is 5.14 Å². The normalized spacial score (nSPS) is 20.9. The van der Waals surface area contributed by atoms with E-state index in [0.717, 1.165) is 29.8 Å². The summed E-state index contributed by atoms with van der Waals surface area (Å²) in [6, 6.07) is 18.2. The molecule has 1 saturated carbocycles. The van der Waals surface area contributed by atoms with Crippen molar-refractivity contribution in [2.24, 2.45) is 11.1 Å². The molecule has 1 aliphatic carbocycles. The van der Waals surface area contributed by atoms with Crippen LogP contribution in [0, 0.1) is 5.92 Å². The third kappa shape index (κ3) is 4.15. The molecular formula is C19H22N2OS. The lowest BCUT2D eigenvalue weighted by Gasteiger charge is -2.28. The topological polar surface area (TPSA) is 55.1 Å². The molecule has 2 aromatic rings. The van der Waals surface area contributed by atoms with Gasteiger partial charge in [-0.25, -0.2) is 0 Å². The van der Waals surface area contributed by atoms with E-state index >= 15 is 0 Å². The Morgan fingerprint density at radius 3 is 2.70 bits per heavy atom. The van der Waals surface area contributed by atoms with E-state index in [-0.39, 0.29) is 11.8 Å². The van der Waals surface area contributed by atoms with Gasteiger partial charge in [-0.1, -0.05) is 42.8 Å². The maximum atomic E-state index is 12.6. The van der Waals surface area contributed by atoms with Gasteiger partial charge in [-0.05, 0) is 60.9 Å². The summed E-state index contributed by atoms with van der Waals surface area (Å²) in [4.78, 5) is 13.5. The van der Waals surface area contributed by atoms with Gasteiger partial charge in [0.1, 0.15) is 0 Å². The monoisotopic (exact) mass is 326 g/mol. The fourth-order valence-corrected chi connectivity index (χ4v) is 3.70. The van der Waals surface area contributed by atoms with Crippen LogP contribution in [-0.4, -0.2) is 5.91 Å². The number of rotatable bonds is 4. The minimum atomic E-state index is 0.0862. The first-order valence-electron chi connectivity index (χ1n) is 8.09. The average Bonchev–Trinajstić information content (AvgIpc) is 2.63. The Morgan fingerprint density at radius 2 is 1.91 bits per heavy atom. The molecule has 120 valence electrons. The zero-order chi connectivity index (χ0) is 16.1. The lowest BCUT2D eigenvalue weighted by Crippen LogP contribution is -2.27. The molecule has 4 heteroatoms. The van der Waals surface area contributed by atoms with E-state index in [1.54, 1.807) is 0 Å². The Kier molecular flexibility index (Phi) is 5.36. The minimum absolute atomic E-state index is 0.0862. The molecule has 3 N–H and O–H groups in total. The number of hydrogen-bond donors (Lipinski definition) is 2. The average molecular weight is 326 g/mol. The first-order valence-corrected chi connectivity index (χ1v) is 8.97. The third-order valence-electron chi connectivity index (χ3n) is 4.55. The number of nitrogens with one attached hydrogen (secondary N) is 1. The summed E-state index contributed by atoms with van der Waals surface area (Å²) in [5, 5.41) is 8.63. The molecule has 2 unspecified atom stereocenters. The Labute approximate surface area is 141 Å². The van der Waals surface area contributed by atoms with E-state index in [1.807, 2.05) is 30.3 Å². The van der Waals surface area contributed by atoms with Crippen LogP contribution in [0.4, 0.5) is 5.69 Å². The van der Waals surface area contributed by atoms with E-state index in [9.17, 15) is 4.79 Å². The Bertz CT molecular complexity index is 659. The predicted molar refractivity (Wildman–Crippen MR) is 96.3 cm³/mol. The Balaban J connectivity index is 1.65. The number of nitrogens with two attached hydrogens (primary N) is 1. The molecule has 1 fully saturated rings. The van der Waals surface area contributed by atoms with Crippen molar-refractivity contribution in [2.75, 3.05) is 5.32 Å². The van der Waals surface area contributed by atoms with Crippen molar-refractivity contribution >= 4 is 23.5 Å². The highest BCUT2D eigenvalue weighted by Gasteiger charge is 2.28. The highest BCUT2D eigenvalue weighted by Crippen LogP contribution is 2.36. The summed E-state index contributed by atoms with van der Waals surface area (Å²) in [5.41, 5.74) is 2.18. The summed E-state index contributed by atoms with van der Waals surface area (Å²) in [7, 11) is 0. The second-order valence-corrected chi connectivity index (χ2v) is 6.81. The van der Waals surface area contributed by atoms with Gasteiger partial charge < -0.3 is 5.32 Å². The number of amides is 1. The second kappa shape index (κ2) is 7.66.